The summed E-state index contributed by atoms with van der Waals surface area (Å²) in [5.41, 5.74) is 13.2. The summed E-state index contributed by atoms with van der Waals surface area (Å²) >= 11 is 0. The molecular formula is C11H20N4O. The summed E-state index contributed by atoms with van der Waals surface area (Å²) in [5, 5.41) is 0. The van der Waals surface area contributed by atoms with Gasteiger partial charge >= 0.3 is 0 Å². The zero-order valence-corrected chi connectivity index (χ0v) is 10.2. The van der Waals surface area contributed by atoms with E-state index in [1.165, 1.54) is 0 Å². The van der Waals surface area contributed by atoms with Crippen LogP contribution in [0.15, 0.2) is 0 Å². The van der Waals surface area contributed by atoms with E-state index in [4.69, 9.17) is 16.2 Å². The van der Waals surface area contributed by atoms with Gasteiger partial charge in [0.2, 0.25) is 11.8 Å². The first-order valence-electron chi connectivity index (χ1n) is 5.47. The molecule has 0 spiro atoms. The predicted molar refractivity (Wildman–Crippen MR) is 64.3 cm³/mol. The van der Waals surface area contributed by atoms with Crippen LogP contribution >= 0.6 is 0 Å². The van der Waals surface area contributed by atoms with E-state index in [1.54, 1.807) is 7.11 Å². The third-order valence-corrected chi connectivity index (χ3v) is 2.26. The quantitative estimate of drug-likeness (QED) is 0.771. The first-order valence-corrected chi connectivity index (χ1v) is 5.47. The van der Waals surface area contributed by atoms with Gasteiger partial charge in [0.1, 0.15) is 0 Å². The van der Waals surface area contributed by atoms with Gasteiger partial charge in [0.05, 0.1) is 12.8 Å². The molecule has 0 unspecified atom stereocenters. The monoisotopic (exact) mass is 224 g/mol. The van der Waals surface area contributed by atoms with Crippen molar-refractivity contribution in [3.05, 3.63) is 11.3 Å². The van der Waals surface area contributed by atoms with Crippen molar-refractivity contribution in [2.75, 3.05) is 19.4 Å². The van der Waals surface area contributed by atoms with E-state index in [-0.39, 0.29) is 5.95 Å². The molecule has 0 aliphatic heterocycles. The molecule has 90 valence electrons. The van der Waals surface area contributed by atoms with Gasteiger partial charge in [-0.05, 0) is 25.3 Å². The molecular weight excluding hydrogens is 204 g/mol. The number of nitrogens with zero attached hydrogens (tertiary/aromatic N) is 2. The molecule has 0 aliphatic rings. The van der Waals surface area contributed by atoms with Crippen LogP contribution in [0.25, 0.3) is 0 Å². The normalized spacial score (nSPS) is 10.8. The van der Waals surface area contributed by atoms with E-state index in [2.05, 4.69) is 23.8 Å². The van der Waals surface area contributed by atoms with E-state index < -0.39 is 0 Å². The topological polar surface area (TPSA) is 87.0 Å². The van der Waals surface area contributed by atoms with Crippen LogP contribution < -0.4 is 16.2 Å². The highest BCUT2D eigenvalue weighted by Gasteiger charge is 2.14. The van der Waals surface area contributed by atoms with Gasteiger partial charge in [0, 0.05) is 5.56 Å². The van der Waals surface area contributed by atoms with E-state index in [9.17, 15) is 0 Å². The van der Waals surface area contributed by atoms with Crippen LogP contribution in [-0.2, 0) is 12.8 Å². The molecule has 5 nitrogen and oxygen atoms in total. The van der Waals surface area contributed by atoms with Gasteiger partial charge in [-0.15, -0.1) is 0 Å². The lowest BCUT2D eigenvalue weighted by Crippen LogP contribution is -2.13. The zero-order valence-electron chi connectivity index (χ0n) is 10.2. The number of nitrogen functional groups attached to an aromatic ring is 1. The van der Waals surface area contributed by atoms with Crippen molar-refractivity contribution in [1.29, 1.82) is 0 Å². The summed E-state index contributed by atoms with van der Waals surface area (Å²) in [6.07, 6.45) is 1.57. The fourth-order valence-corrected chi connectivity index (χ4v) is 1.65. The Morgan fingerprint density at radius 1 is 1.31 bits per heavy atom. The van der Waals surface area contributed by atoms with Crippen LogP contribution in [0.3, 0.4) is 0 Å². The van der Waals surface area contributed by atoms with Crippen LogP contribution in [-0.4, -0.2) is 23.6 Å². The Bertz CT molecular complexity index is 352. The summed E-state index contributed by atoms with van der Waals surface area (Å²) in [4.78, 5) is 8.34. The third-order valence-electron chi connectivity index (χ3n) is 2.26. The van der Waals surface area contributed by atoms with E-state index in [0.717, 1.165) is 17.7 Å². The van der Waals surface area contributed by atoms with Crippen LogP contribution in [0.1, 0.15) is 25.1 Å². The Hall–Kier alpha value is -1.36. The van der Waals surface area contributed by atoms with Crippen molar-refractivity contribution in [3.8, 4) is 5.88 Å². The van der Waals surface area contributed by atoms with Crippen molar-refractivity contribution in [1.82, 2.24) is 9.97 Å². The SMILES string of the molecule is COc1nc(N)nc(CC(C)C)c1CCN. The van der Waals surface area contributed by atoms with Crippen molar-refractivity contribution in [2.45, 2.75) is 26.7 Å². The molecule has 0 aromatic carbocycles. The minimum atomic E-state index is 0.258. The number of methoxy groups -OCH3 is 1. The van der Waals surface area contributed by atoms with Gasteiger partial charge in [-0.25, -0.2) is 4.98 Å². The van der Waals surface area contributed by atoms with Gasteiger partial charge in [0.25, 0.3) is 0 Å². The fraction of sp³-hybridized carbons (Fsp3) is 0.636. The second-order valence-electron chi connectivity index (χ2n) is 4.15. The Morgan fingerprint density at radius 3 is 2.50 bits per heavy atom. The summed E-state index contributed by atoms with van der Waals surface area (Å²) in [7, 11) is 1.58. The summed E-state index contributed by atoms with van der Waals surface area (Å²) in [5.74, 6) is 1.32. The molecule has 0 amide bonds. The molecule has 0 radical (unpaired) electrons. The lowest BCUT2D eigenvalue weighted by Gasteiger charge is -2.13. The molecule has 1 heterocycles. The van der Waals surface area contributed by atoms with Crippen molar-refractivity contribution in [3.63, 3.8) is 0 Å². The standard InChI is InChI=1S/C11H20N4O/c1-7(2)6-9-8(4-5-12)10(16-3)15-11(13)14-9/h7H,4-6,12H2,1-3H3,(H2,13,14,15). The van der Waals surface area contributed by atoms with Crippen molar-refractivity contribution in [2.24, 2.45) is 11.7 Å². The Morgan fingerprint density at radius 2 is 2.00 bits per heavy atom. The van der Waals surface area contributed by atoms with Crippen molar-refractivity contribution < 1.29 is 4.74 Å². The first kappa shape index (κ1) is 12.7. The maximum Gasteiger partial charge on any atom is 0.223 e. The third kappa shape index (κ3) is 3.06. The highest BCUT2D eigenvalue weighted by molar-refractivity contribution is 5.36. The first-order chi connectivity index (χ1) is 7.58. The summed E-state index contributed by atoms with van der Waals surface area (Å²) < 4.78 is 5.21. The average Bonchev–Trinajstić information content (AvgIpc) is 2.20. The number of hydrogen-bond acceptors (Lipinski definition) is 5. The second kappa shape index (κ2) is 5.65. The molecule has 1 aromatic heterocycles. The lowest BCUT2D eigenvalue weighted by molar-refractivity contribution is 0.390. The largest absolute Gasteiger partial charge is 0.481 e. The Balaban J connectivity index is 3.15. The van der Waals surface area contributed by atoms with Crippen LogP contribution in [0, 0.1) is 5.92 Å². The molecule has 0 saturated heterocycles. The smallest absolute Gasteiger partial charge is 0.223 e. The number of rotatable bonds is 5. The number of anilines is 1. The van der Waals surface area contributed by atoms with Gasteiger partial charge in [0.15, 0.2) is 0 Å². The maximum atomic E-state index is 5.64. The van der Waals surface area contributed by atoms with E-state index in [1.807, 2.05) is 0 Å². The van der Waals surface area contributed by atoms with Gasteiger partial charge < -0.3 is 16.2 Å². The van der Waals surface area contributed by atoms with Crippen molar-refractivity contribution >= 4 is 5.95 Å². The lowest BCUT2D eigenvalue weighted by atomic mass is 10.0. The second-order valence-corrected chi connectivity index (χ2v) is 4.15. The van der Waals surface area contributed by atoms with Crippen LogP contribution in [0.5, 0.6) is 5.88 Å². The molecule has 0 aliphatic carbocycles. The molecule has 4 N–H and O–H groups in total. The molecule has 5 heteroatoms. The Labute approximate surface area is 96.2 Å². The highest BCUT2D eigenvalue weighted by Crippen LogP contribution is 2.22. The van der Waals surface area contributed by atoms with Gasteiger partial charge in [-0.2, -0.15) is 4.98 Å². The number of hydrogen-bond donors (Lipinski definition) is 2. The summed E-state index contributed by atoms with van der Waals surface area (Å²) in [6, 6.07) is 0. The molecule has 1 rings (SSSR count). The highest BCUT2D eigenvalue weighted by atomic mass is 16.5. The Kier molecular flexibility index (Phi) is 4.49. The van der Waals surface area contributed by atoms with Gasteiger partial charge in [-0.3, -0.25) is 0 Å². The predicted octanol–water partition coefficient (Wildman–Crippen LogP) is 0.767. The number of nitrogens with two attached hydrogens (primary N) is 2. The number of aromatic nitrogens is 2. The molecule has 0 bridgehead atoms. The molecule has 0 atom stereocenters. The van der Waals surface area contributed by atoms with E-state index >= 15 is 0 Å². The van der Waals surface area contributed by atoms with Gasteiger partial charge in [-0.1, -0.05) is 13.8 Å². The molecule has 16 heavy (non-hydrogen) atoms. The molecule has 0 saturated carbocycles. The molecule has 0 fully saturated rings. The minimum absolute atomic E-state index is 0.258. The van der Waals surface area contributed by atoms with Crippen LogP contribution in [0.4, 0.5) is 5.95 Å². The van der Waals surface area contributed by atoms with E-state index in [0.29, 0.717) is 24.8 Å². The fourth-order valence-electron chi connectivity index (χ4n) is 1.65. The minimum Gasteiger partial charge on any atom is -0.481 e. The average molecular weight is 224 g/mol. The van der Waals surface area contributed by atoms with Crippen LogP contribution in [0.2, 0.25) is 0 Å². The zero-order chi connectivity index (χ0) is 12.1. The summed E-state index contributed by atoms with van der Waals surface area (Å²) in [6.45, 7) is 4.82. The maximum absolute atomic E-state index is 5.64. The number of ether oxygens (including phenoxy) is 1. The molecule has 1 aromatic rings.